The van der Waals surface area contributed by atoms with Gasteiger partial charge in [0.2, 0.25) is 0 Å². The molecule has 104 valence electrons. The van der Waals surface area contributed by atoms with E-state index in [-0.39, 0.29) is 0 Å². The Morgan fingerprint density at radius 3 is 2.81 bits per heavy atom. The molecule has 0 N–H and O–H groups in total. The molecule has 2 aromatic carbocycles. The van der Waals surface area contributed by atoms with E-state index in [1.54, 1.807) is 19.4 Å². The number of ether oxygens (including phenoxy) is 2. The zero-order valence-corrected chi connectivity index (χ0v) is 12.4. The topological polar surface area (TPSA) is 55.1 Å². The Bertz CT molecular complexity index is 849. The van der Waals surface area contributed by atoms with Gasteiger partial charge < -0.3 is 9.47 Å². The molecule has 5 heteroatoms. The molecule has 0 aliphatic heterocycles. The molecule has 0 radical (unpaired) electrons. The highest BCUT2D eigenvalue weighted by atomic mass is 32.1. The zero-order chi connectivity index (χ0) is 14.8. The number of benzene rings is 2. The van der Waals surface area contributed by atoms with Crippen molar-refractivity contribution in [2.24, 2.45) is 0 Å². The second-order valence-corrected chi connectivity index (χ2v) is 5.39. The number of fused-ring (bicyclic) bond motifs is 1. The van der Waals surface area contributed by atoms with E-state index in [4.69, 9.17) is 14.7 Å². The van der Waals surface area contributed by atoms with Crippen LogP contribution < -0.4 is 9.47 Å². The van der Waals surface area contributed by atoms with Crippen LogP contribution in [0.25, 0.3) is 21.3 Å². The van der Waals surface area contributed by atoms with Crippen molar-refractivity contribution >= 4 is 21.6 Å². The van der Waals surface area contributed by atoms with Crippen LogP contribution in [0, 0.1) is 18.4 Å². The minimum Gasteiger partial charge on any atom is -0.496 e. The molecule has 0 aliphatic carbocycles. The number of methoxy groups -OCH3 is 1. The second-order valence-electron chi connectivity index (χ2n) is 4.59. The Morgan fingerprint density at radius 1 is 1.19 bits per heavy atom. The molecule has 0 atom stereocenters. The number of aryl methyl sites for hydroxylation is 1. The third-order valence-corrected chi connectivity index (χ3v) is 4.04. The Balaban J connectivity index is 2.23. The van der Waals surface area contributed by atoms with E-state index in [1.807, 2.05) is 37.3 Å². The van der Waals surface area contributed by atoms with Crippen molar-refractivity contribution in [3.05, 3.63) is 42.0 Å². The third-order valence-electron chi connectivity index (χ3n) is 3.22. The monoisotopic (exact) mass is 296 g/mol. The normalized spacial score (nSPS) is 10.3. The van der Waals surface area contributed by atoms with Crippen LogP contribution in [0.5, 0.6) is 11.5 Å². The summed E-state index contributed by atoms with van der Waals surface area (Å²) in [4.78, 5) is 0. The van der Waals surface area contributed by atoms with Crippen LogP contribution in [0.3, 0.4) is 0 Å². The van der Waals surface area contributed by atoms with Gasteiger partial charge in [-0.15, -0.1) is 5.26 Å². The summed E-state index contributed by atoms with van der Waals surface area (Å²) in [5.41, 5.74) is 2.92. The summed E-state index contributed by atoms with van der Waals surface area (Å²) < 4.78 is 15.9. The Morgan fingerprint density at radius 2 is 2.05 bits per heavy atom. The Labute approximate surface area is 126 Å². The van der Waals surface area contributed by atoms with Gasteiger partial charge in [0.05, 0.1) is 17.5 Å². The number of hydrogen-bond acceptors (Lipinski definition) is 5. The van der Waals surface area contributed by atoms with Gasteiger partial charge in [-0.1, -0.05) is 11.6 Å². The molecule has 0 aliphatic rings. The summed E-state index contributed by atoms with van der Waals surface area (Å²) in [5.74, 6) is 1.29. The highest BCUT2D eigenvalue weighted by molar-refractivity contribution is 7.13. The fourth-order valence-electron chi connectivity index (χ4n) is 2.24. The molecule has 1 aromatic heterocycles. The van der Waals surface area contributed by atoms with Crippen LogP contribution >= 0.6 is 11.5 Å². The van der Waals surface area contributed by atoms with Crippen LogP contribution in [-0.2, 0) is 0 Å². The summed E-state index contributed by atoms with van der Waals surface area (Å²) >= 11 is 1.42. The summed E-state index contributed by atoms with van der Waals surface area (Å²) in [7, 11) is 1.65. The average molecular weight is 296 g/mol. The van der Waals surface area contributed by atoms with Crippen LogP contribution in [0.4, 0.5) is 0 Å². The van der Waals surface area contributed by atoms with Gasteiger partial charge in [-0.25, -0.2) is 0 Å². The quantitative estimate of drug-likeness (QED) is 0.682. The van der Waals surface area contributed by atoms with Crippen molar-refractivity contribution < 1.29 is 9.47 Å². The van der Waals surface area contributed by atoms with Gasteiger partial charge in [0.1, 0.15) is 11.5 Å². The molecule has 0 fully saturated rings. The van der Waals surface area contributed by atoms with Gasteiger partial charge in [0, 0.05) is 10.9 Å². The van der Waals surface area contributed by atoms with Crippen molar-refractivity contribution in [1.82, 2.24) is 4.37 Å². The molecule has 0 spiro atoms. The van der Waals surface area contributed by atoms with Crippen molar-refractivity contribution in [3.63, 3.8) is 0 Å². The summed E-state index contributed by atoms with van der Waals surface area (Å²) in [6, 6.07) is 11.5. The predicted octanol–water partition coefficient (Wildman–Crippen LogP) is 4.14. The van der Waals surface area contributed by atoms with Gasteiger partial charge in [-0.3, -0.25) is 0 Å². The molecule has 4 nitrogen and oxygen atoms in total. The Kier molecular flexibility index (Phi) is 3.46. The molecule has 0 saturated carbocycles. The van der Waals surface area contributed by atoms with E-state index in [2.05, 4.69) is 4.37 Å². The number of nitriles is 1. The van der Waals surface area contributed by atoms with Gasteiger partial charge >= 0.3 is 0 Å². The molecule has 0 amide bonds. The largest absolute Gasteiger partial charge is 0.496 e. The summed E-state index contributed by atoms with van der Waals surface area (Å²) in [5, 5.41) is 9.60. The standard InChI is InChI=1S/C16H12N2O2S/c1-10-3-5-14(19-2)12(7-10)16-13-8-11(20-9-17)4-6-15(13)21-18-16/h3-8H,1-2H3. The van der Waals surface area contributed by atoms with Crippen molar-refractivity contribution in [2.75, 3.05) is 7.11 Å². The lowest BCUT2D eigenvalue weighted by Gasteiger charge is -2.08. The zero-order valence-electron chi connectivity index (χ0n) is 11.6. The van der Waals surface area contributed by atoms with Crippen LogP contribution in [0.2, 0.25) is 0 Å². The van der Waals surface area contributed by atoms with Crippen molar-refractivity contribution in [1.29, 1.82) is 5.26 Å². The van der Waals surface area contributed by atoms with Crippen molar-refractivity contribution in [2.45, 2.75) is 6.92 Å². The van der Waals surface area contributed by atoms with E-state index in [9.17, 15) is 0 Å². The lowest BCUT2D eigenvalue weighted by molar-refractivity contribution is 0.416. The molecule has 0 saturated heterocycles. The SMILES string of the molecule is COc1ccc(C)cc1-c1nsc2ccc(OC#N)cc12. The maximum absolute atomic E-state index is 8.64. The van der Waals surface area contributed by atoms with Crippen molar-refractivity contribution in [3.8, 4) is 29.0 Å². The highest BCUT2D eigenvalue weighted by Gasteiger charge is 2.14. The fourth-order valence-corrected chi connectivity index (χ4v) is 3.00. The predicted molar refractivity (Wildman–Crippen MR) is 82.6 cm³/mol. The van der Waals surface area contributed by atoms with Gasteiger partial charge in [-0.2, -0.15) is 4.37 Å². The molecular formula is C16H12N2O2S. The minimum atomic E-state index is 0.512. The lowest BCUT2D eigenvalue weighted by atomic mass is 10.0. The first-order chi connectivity index (χ1) is 10.2. The first kappa shape index (κ1) is 13.4. The van der Waals surface area contributed by atoms with Crippen LogP contribution in [0.15, 0.2) is 36.4 Å². The molecule has 3 aromatic rings. The maximum Gasteiger partial charge on any atom is 0.292 e. The lowest BCUT2D eigenvalue weighted by Crippen LogP contribution is -1.89. The molecule has 3 rings (SSSR count). The van der Waals surface area contributed by atoms with Crippen LogP contribution in [0.1, 0.15) is 5.56 Å². The molecule has 21 heavy (non-hydrogen) atoms. The molecule has 0 bridgehead atoms. The van der Waals surface area contributed by atoms with E-state index in [0.717, 1.165) is 32.7 Å². The van der Waals surface area contributed by atoms with E-state index >= 15 is 0 Å². The Hall–Kier alpha value is -2.58. The van der Waals surface area contributed by atoms with Gasteiger partial charge in [0.15, 0.2) is 0 Å². The average Bonchev–Trinajstić information content (AvgIpc) is 2.90. The number of nitrogens with zero attached hydrogens (tertiary/aromatic N) is 2. The smallest absolute Gasteiger partial charge is 0.292 e. The number of aromatic nitrogens is 1. The van der Waals surface area contributed by atoms with E-state index in [0.29, 0.717) is 5.75 Å². The van der Waals surface area contributed by atoms with Gasteiger partial charge in [0.25, 0.3) is 6.26 Å². The summed E-state index contributed by atoms with van der Waals surface area (Å²) in [6.07, 6.45) is 1.69. The number of hydrogen-bond donors (Lipinski definition) is 0. The first-order valence-corrected chi connectivity index (χ1v) is 7.10. The third kappa shape index (κ3) is 2.41. The highest BCUT2D eigenvalue weighted by Crippen LogP contribution is 2.38. The van der Waals surface area contributed by atoms with E-state index < -0.39 is 0 Å². The first-order valence-electron chi connectivity index (χ1n) is 6.33. The summed E-state index contributed by atoms with van der Waals surface area (Å²) in [6.45, 7) is 2.03. The van der Waals surface area contributed by atoms with Gasteiger partial charge in [-0.05, 0) is 48.8 Å². The fraction of sp³-hybridized carbons (Fsp3) is 0.125. The molecule has 0 unspecified atom stereocenters. The van der Waals surface area contributed by atoms with Crippen LogP contribution in [-0.4, -0.2) is 11.5 Å². The number of rotatable bonds is 3. The molecular weight excluding hydrogens is 284 g/mol. The molecule has 1 heterocycles. The van der Waals surface area contributed by atoms with E-state index in [1.165, 1.54) is 11.5 Å². The second kappa shape index (κ2) is 5.43. The minimum absolute atomic E-state index is 0.512. The maximum atomic E-state index is 8.64.